The van der Waals surface area contributed by atoms with E-state index in [0.717, 1.165) is 53.3 Å². The highest BCUT2D eigenvalue weighted by Crippen LogP contribution is 2.57. The quantitative estimate of drug-likeness (QED) is 0.585. The molecule has 0 heterocycles. The molecule has 0 bridgehead atoms. The molecule has 112 valence electrons. The zero-order chi connectivity index (χ0) is 14.3. The first-order valence-corrected chi connectivity index (χ1v) is 8.90. The number of fused-ring (bicyclic) bond motifs is 1. The molecule has 0 radical (unpaired) electrons. The number of rotatable bonds is 2. The third-order valence-corrected chi connectivity index (χ3v) is 7.56. The Morgan fingerprint density at radius 1 is 0.737 bits per heavy atom. The molecule has 0 N–H and O–H groups in total. The highest BCUT2D eigenvalue weighted by Gasteiger charge is 2.51. The van der Waals surface area contributed by atoms with E-state index in [2.05, 4.69) is 48.5 Å². The molecule has 0 aromatic rings. The van der Waals surface area contributed by atoms with Gasteiger partial charge in [-0.25, -0.2) is 0 Å². The Kier molecular flexibility index (Phi) is 4.68. The molecular weight excluding hydrogens is 228 g/mol. The monoisotopic (exact) mass is 264 g/mol. The zero-order valence-corrected chi connectivity index (χ0v) is 14.3. The third-order valence-electron chi connectivity index (χ3n) is 7.56. The van der Waals surface area contributed by atoms with Crippen LogP contribution in [0.5, 0.6) is 0 Å². The van der Waals surface area contributed by atoms with Crippen molar-refractivity contribution in [2.75, 3.05) is 0 Å². The number of hydrogen-bond acceptors (Lipinski definition) is 0. The van der Waals surface area contributed by atoms with E-state index in [1.54, 1.807) is 0 Å². The van der Waals surface area contributed by atoms with Gasteiger partial charge in [-0.1, -0.05) is 61.3 Å². The van der Waals surface area contributed by atoms with Gasteiger partial charge in [0.2, 0.25) is 0 Å². The van der Waals surface area contributed by atoms with Gasteiger partial charge in [0.15, 0.2) is 0 Å². The van der Waals surface area contributed by atoms with Crippen molar-refractivity contribution in [2.24, 2.45) is 53.3 Å². The van der Waals surface area contributed by atoms with Crippen molar-refractivity contribution in [3.63, 3.8) is 0 Å². The predicted molar refractivity (Wildman–Crippen MR) is 85.0 cm³/mol. The lowest BCUT2D eigenvalue weighted by molar-refractivity contribution is 0.153. The average molecular weight is 264 g/mol. The third kappa shape index (κ3) is 2.49. The first-order chi connectivity index (χ1) is 8.90. The Morgan fingerprint density at radius 3 is 1.95 bits per heavy atom. The summed E-state index contributed by atoms with van der Waals surface area (Å²) in [5, 5.41) is 0. The van der Waals surface area contributed by atoms with E-state index in [0.29, 0.717) is 0 Å². The molecule has 0 aliphatic heterocycles. The van der Waals surface area contributed by atoms with Crippen molar-refractivity contribution in [2.45, 2.75) is 67.7 Å². The van der Waals surface area contributed by atoms with Crippen molar-refractivity contribution >= 4 is 0 Å². The van der Waals surface area contributed by atoms with Crippen LogP contribution in [0.25, 0.3) is 0 Å². The van der Waals surface area contributed by atoms with Crippen LogP contribution in [0.4, 0.5) is 0 Å². The van der Waals surface area contributed by atoms with E-state index in [4.69, 9.17) is 0 Å². The summed E-state index contributed by atoms with van der Waals surface area (Å²) in [6.07, 6.45) is 4.32. The maximum atomic E-state index is 2.57. The summed E-state index contributed by atoms with van der Waals surface area (Å²) in [4.78, 5) is 0. The van der Waals surface area contributed by atoms with Crippen molar-refractivity contribution in [1.82, 2.24) is 0 Å². The predicted octanol–water partition coefficient (Wildman–Crippen LogP) is 5.87. The second-order valence-corrected chi connectivity index (χ2v) is 8.20. The second kappa shape index (κ2) is 5.78. The molecule has 2 saturated carbocycles. The maximum absolute atomic E-state index is 2.57. The van der Waals surface area contributed by atoms with Crippen LogP contribution >= 0.6 is 0 Å². The van der Waals surface area contributed by atoms with Crippen molar-refractivity contribution in [3.8, 4) is 0 Å². The molecule has 0 spiro atoms. The van der Waals surface area contributed by atoms with Gasteiger partial charge in [0.05, 0.1) is 0 Å². The molecule has 2 aliphatic carbocycles. The lowest BCUT2D eigenvalue weighted by Crippen LogP contribution is -2.27. The maximum Gasteiger partial charge on any atom is -0.0326 e. The Morgan fingerprint density at radius 2 is 1.37 bits per heavy atom. The van der Waals surface area contributed by atoms with Gasteiger partial charge in [-0.2, -0.15) is 0 Å². The summed E-state index contributed by atoms with van der Waals surface area (Å²) in [6, 6.07) is 0. The smallest absolute Gasteiger partial charge is 0.0326 e. The SMILES string of the molecule is CCCC1C(C)C2CC(C)C(C)C(C)C(C)C2C1C. The minimum atomic E-state index is 0.903. The molecule has 0 saturated heterocycles. The Hall–Kier alpha value is 0. The molecular formula is C19H36. The van der Waals surface area contributed by atoms with E-state index in [1.807, 2.05) is 0 Å². The highest BCUT2D eigenvalue weighted by atomic mass is 14.6. The molecule has 0 nitrogen and oxygen atoms in total. The van der Waals surface area contributed by atoms with E-state index < -0.39 is 0 Å². The Bertz CT molecular complexity index is 294. The van der Waals surface area contributed by atoms with Crippen molar-refractivity contribution in [3.05, 3.63) is 0 Å². The lowest BCUT2D eigenvalue weighted by atomic mass is 9.72. The van der Waals surface area contributed by atoms with Gasteiger partial charge < -0.3 is 0 Å². The van der Waals surface area contributed by atoms with Gasteiger partial charge >= 0.3 is 0 Å². The summed E-state index contributed by atoms with van der Waals surface area (Å²) in [5.41, 5.74) is 0. The summed E-state index contributed by atoms with van der Waals surface area (Å²) in [5.74, 6) is 8.56. The summed E-state index contributed by atoms with van der Waals surface area (Å²) < 4.78 is 0. The van der Waals surface area contributed by atoms with Crippen molar-refractivity contribution in [1.29, 1.82) is 0 Å². The van der Waals surface area contributed by atoms with Crippen LogP contribution in [0.3, 0.4) is 0 Å². The van der Waals surface area contributed by atoms with Gasteiger partial charge in [0.25, 0.3) is 0 Å². The van der Waals surface area contributed by atoms with Gasteiger partial charge in [-0.05, 0) is 59.7 Å². The summed E-state index contributed by atoms with van der Waals surface area (Å²) >= 11 is 0. The molecule has 9 unspecified atom stereocenters. The molecule has 2 rings (SSSR count). The van der Waals surface area contributed by atoms with Gasteiger partial charge in [-0.3, -0.25) is 0 Å². The van der Waals surface area contributed by atoms with Crippen LogP contribution in [-0.4, -0.2) is 0 Å². The van der Waals surface area contributed by atoms with Crippen LogP contribution in [0.15, 0.2) is 0 Å². The van der Waals surface area contributed by atoms with E-state index in [1.165, 1.54) is 19.3 Å². The van der Waals surface area contributed by atoms with Crippen LogP contribution < -0.4 is 0 Å². The first kappa shape index (κ1) is 15.4. The van der Waals surface area contributed by atoms with Crippen LogP contribution in [-0.2, 0) is 0 Å². The largest absolute Gasteiger partial charge is 0.0654 e. The summed E-state index contributed by atoms with van der Waals surface area (Å²) in [6.45, 7) is 17.6. The topological polar surface area (TPSA) is 0 Å². The van der Waals surface area contributed by atoms with Gasteiger partial charge in [0, 0.05) is 0 Å². The Balaban J connectivity index is 2.27. The zero-order valence-electron chi connectivity index (χ0n) is 14.3. The van der Waals surface area contributed by atoms with E-state index >= 15 is 0 Å². The van der Waals surface area contributed by atoms with Gasteiger partial charge in [-0.15, -0.1) is 0 Å². The lowest BCUT2D eigenvalue weighted by Gasteiger charge is -2.33. The minimum Gasteiger partial charge on any atom is -0.0654 e. The average Bonchev–Trinajstić information content (AvgIpc) is 2.56. The minimum absolute atomic E-state index is 0.903. The van der Waals surface area contributed by atoms with E-state index in [-0.39, 0.29) is 0 Å². The Labute approximate surface area is 121 Å². The molecule has 0 amide bonds. The van der Waals surface area contributed by atoms with Crippen molar-refractivity contribution < 1.29 is 0 Å². The fourth-order valence-electron chi connectivity index (χ4n) is 5.91. The molecule has 0 aromatic heterocycles. The van der Waals surface area contributed by atoms with Crippen LogP contribution in [0.1, 0.15) is 67.7 Å². The molecule has 0 aromatic carbocycles. The summed E-state index contributed by atoms with van der Waals surface area (Å²) in [7, 11) is 0. The highest BCUT2D eigenvalue weighted by molar-refractivity contribution is 4.99. The van der Waals surface area contributed by atoms with Crippen LogP contribution in [0.2, 0.25) is 0 Å². The molecule has 19 heavy (non-hydrogen) atoms. The van der Waals surface area contributed by atoms with E-state index in [9.17, 15) is 0 Å². The van der Waals surface area contributed by atoms with Crippen LogP contribution in [0, 0.1) is 53.3 Å². The molecule has 0 heteroatoms. The second-order valence-electron chi connectivity index (χ2n) is 8.20. The normalized spacial score (nSPS) is 54.8. The number of hydrogen-bond donors (Lipinski definition) is 0. The first-order valence-electron chi connectivity index (χ1n) is 8.90. The fourth-order valence-corrected chi connectivity index (χ4v) is 5.91. The molecule has 9 atom stereocenters. The fraction of sp³-hybridized carbons (Fsp3) is 1.00. The standard InChI is InChI=1S/C19H36/c1-8-9-17-15(6)18-10-11(2)12(3)13(4)14(5)19(18)16(17)7/h11-19H,8-10H2,1-7H3. The van der Waals surface area contributed by atoms with Gasteiger partial charge in [0.1, 0.15) is 0 Å². The molecule has 2 fully saturated rings. The molecule has 2 aliphatic rings.